The van der Waals surface area contributed by atoms with E-state index in [0.29, 0.717) is 43.4 Å². The maximum Gasteiger partial charge on any atom is 0.338 e. The van der Waals surface area contributed by atoms with E-state index in [-0.39, 0.29) is 5.56 Å². The van der Waals surface area contributed by atoms with E-state index >= 15 is 0 Å². The van der Waals surface area contributed by atoms with Gasteiger partial charge in [-0.15, -0.1) is 0 Å². The van der Waals surface area contributed by atoms with Crippen LogP contribution in [-0.4, -0.2) is 39.0 Å². The Morgan fingerprint density at radius 1 is 1.03 bits per heavy atom. The van der Waals surface area contributed by atoms with Crippen molar-refractivity contribution in [2.24, 2.45) is 4.99 Å². The lowest BCUT2D eigenvalue weighted by atomic mass is 9.96. The molecule has 2 heterocycles. The van der Waals surface area contributed by atoms with E-state index in [0.717, 1.165) is 5.56 Å². The number of carbonyl (C=O) groups is 1. The lowest BCUT2D eigenvalue weighted by Crippen LogP contribution is -2.39. The molecule has 0 amide bonds. The quantitative estimate of drug-likeness (QED) is 0.504. The summed E-state index contributed by atoms with van der Waals surface area (Å²) in [5, 5.41) is 0. The Kier molecular flexibility index (Phi) is 6.56. The summed E-state index contributed by atoms with van der Waals surface area (Å²) < 4.78 is 23.2. The Balaban J connectivity index is 1.97. The molecule has 0 unspecified atom stereocenters. The summed E-state index contributed by atoms with van der Waals surface area (Å²) >= 11 is 1.24. The van der Waals surface area contributed by atoms with Crippen LogP contribution in [0.2, 0.25) is 0 Å². The van der Waals surface area contributed by atoms with Crippen molar-refractivity contribution in [3.8, 4) is 17.2 Å². The maximum atomic E-state index is 13.7. The van der Waals surface area contributed by atoms with Gasteiger partial charge >= 0.3 is 5.97 Å². The molecule has 9 heteroatoms. The van der Waals surface area contributed by atoms with Crippen molar-refractivity contribution in [3.63, 3.8) is 0 Å². The predicted molar refractivity (Wildman–Crippen MR) is 128 cm³/mol. The monoisotopic (exact) mass is 480 g/mol. The van der Waals surface area contributed by atoms with Gasteiger partial charge in [0.25, 0.3) is 5.56 Å². The van der Waals surface area contributed by atoms with Crippen LogP contribution in [0, 0.1) is 0 Å². The summed E-state index contributed by atoms with van der Waals surface area (Å²) in [6.07, 6.45) is 1.74. The molecule has 0 saturated carbocycles. The largest absolute Gasteiger partial charge is 0.497 e. The number of methoxy groups -OCH3 is 4. The second-order valence-corrected chi connectivity index (χ2v) is 8.44. The van der Waals surface area contributed by atoms with Gasteiger partial charge < -0.3 is 18.9 Å². The fraction of sp³-hybridized carbons (Fsp3) is 0.240. The molecule has 1 aliphatic heterocycles. The second kappa shape index (κ2) is 9.56. The molecule has 0 saturated heterocycles. The molecule has 1 aliphatic rings. The van der Waals surface area contributed by atoms with Crippen molar-refractivity contribution in [2.75, 3.05) is 28.4 Å². The van der Waals surface area contributed by atoms with Gasteiger partial charge in [-0.05, 0) is 36.8 Å². The van der Waals surface area contributed by atoms with Gasteiger partial charge in [-0.25, -0.2) is 9.79 Å². The Labute approximate surface area is 200 Å². The van der Waals surface area contributed by atoms with Crippen LogP contribution in [-0.2, 0) is 9.53 Å². The number of ether oxygens (including phenoxy) is 4. The minimum Gasteiger partial charge on any atom is -0.497 e. The summed E-state index contributed by atoms with van der Waals surface area (Å²) in [6.45, 7) is 1.74. The number of thiazole rings is 1. The lowest BCUT2D eigenvalue weighted by Gasteiger charge is -2.24. The molecule has 8 nitrogen and oxygen atoms in total. The summed E-state index contributed by atoms with van der Waals surface area (Å²) in [5.41, 5.74) is 1.97. The Morgan fingerprint density at radius 3 is 2.38 bits per heavy atom. The van der Waals surface area contributed by atoms with E-state index in [1.807, 2.05) is 24.3 Å². The van der Waals surface area contributed by atoms with Gasteiger partial charge in [-0.2, -0.15) is 0 Å². The molecular formula is C25H24N2O6S. The number of esters is 1. The Morgan fingerprint density at radius 2 is 1.76 bits per heavy atom. The zero-order valence-corrected chi connectivity index (χ0v) is 20.3. The highest BCUT2D eigenvalue weighted by molar-refractivity contribution is 7.07. The van der Waals surface area contributed by atoms with Crippen LogP contribution in [0.5, 0.6) is 17.2 Å². The topological polar surface area (TPSA) is 88.4 Å². The van der Waals surface area contributed by atoms with Crippen LogP contribution in [0.15, 0.2) is 63.5 Å². The van der Waals surface area contributed by atoms with Gasteiger partial charge in [0.1, 0.15) is 5.75 Å². The van der Waals surface area contributed by atoms with Gasteiger partial charge in [-0.3, -0.25) is 9.36 Å². The molecule has 0 aliphatic carbocycles. The van der Waals surface area contributed by atoms with Crippen molar-refractivity contribution in [2.45, 2.75) is 13.0 Å². The number of allylic oxidation sites excluding steroid dienone is 1. The van der Waals surface area contributed by atoms with E-state index < -0.39 is 12.0 Å². The molecule has 0 fully saturated rings. The molecule has 34 heavy (non-hydrogen) atoms. The SMILES string of the molecule is COC(=O)C1=C(C)N=c2sc(=Cc3cccc(OC)c3OC)c(=O)n2[C@H]1c1ccc(OC)cc1. The summed E-state index contributed by atoms with van der Waals surface area (Å²) in [7, 11) is 6.00. The van der Waals surface area contributed by atoms with Gasteiger partial charge in [-0.1, -0.05) is 35.6 Å². The molecule has 176 valence electrons. The zero-order chi connectivity index (χ0) is 24.4. The molecule has 3 aromatic rings. The first-order chi connectivity index (χ1) is 16.4. The summed E-state index contributed by atoms with van der Waals surface area (Å²) in [6, 6.07) is 12.0. The Bertz CT molecular complexity index is 1450. The minimum atomic E-state index is -0.691. The van der Waals surface area contributed by atoms with E-state index in [4.69, 9.17) is 18.9 Å². The summed E-state index contributed by atoms with van der Waals surface area (Å²) in [5.74, 6) is 1.21. The highest BCUT2D eigenvalue weighted by atomic mass is 32.1. The first-order valence-corrected chi connectivity index (χ1v) is 11.2. The number of benzene rings is 2. The second-order valence-electron chi connectivity index (χ2n) is 7.43. The van der Waals surface area contributed by atoms with Gasteiger partial charge in [0, 0.05) is 5.56 Å². The summed E-state index contributed by atoms with van der Waals surface area (Å²) in [4.78, 5) is 31.4. The average Bonchev–Trinajstić information content (AvgIpc) is 3.16. The standard InChI is InChI=1S/C25H24N2O6S/c1-14-20(24(29)33-5)21(15-9-11-17(30-2)12-10-15)27-23(28)19(34-25(27)26-14)13-16-7-6-8-18(31-3)22(16)32-4/h6-13,21H,1-5H3/t21-/m0/s1. The van der Waals surface area contributed by atoms with Crippen LogP contribution < -0.4 is 29.1 Å². The van der Waals surface area contributed by atoms with Gasteiger partial charge in [0.05, 0.1) is 50.3 Å². The van der Waals surface area contributed by atoms with E-state index in [1.165, 1.54) is 23.0 Å². The highest BCUT2D eigenvalue weighted by Gasteiger charge is 2.33. The normalized spacial score (nSPS) is 15.4. The average molecular weight is 481 g/mol. The van der Waals surface area contributed by atoms with Crippen molar-refractivity contribution < 1.29 is 23.7 Å². The van der Waals surface area contributed by atoms with Gasteiger partial charge in [0.2, 0.25) is 0 Å². The van der Waals surface area contributed by atoms with Crippen LogP contribution in [0.1, 0.15) is 24.1 Å². The van der Waals surface area contributed by atoms with Crippen LogP contribution in [0.3, 0.4) is 0 Å². The number of hydrogen-bond acceptors (Lipinski definition) is 8. The van der Waals surface area contributed by atoms with E-state index in [2.05, 4.69) is 4.99 Å². The third kappa shape index (κ3) is 3.99. The molecule has 0 N–H and O–H groups in total. The fourth-order valence-corrected chi connectivity index (χ4v) is 5.00. The molecule has 1 atom stereocenters. The maximum absolute atomic E-state index is 13.7. The van der Waals surface area contributed by atoms with Crippen LogP contribution in [0.4, 0.5) is 0 Å². The van der Waals surface area contributed by atoms with Gasteiger partial charge in [0.15, 0.2) is 16.3 Å². The van der Waals surface area contributed by atoms with Crippen molar-refractivity contribution >= 4 is 23.4 Å². The van der Waals surface area contributed by atoms with E-state index in [1.54, 1.807) is 52.5 Å². The minimum absolute atomic E-state index is 0.275. The number of carbonyl (C=O) groups excluding carboxylic acids is 1. The molecular weight excluding hydrogens is 456 g/mol. The molecule has 4 rings (SSSR count). The van der Waals surface area contributed by atoms with Crippen molar-refractivity contribution in [3.05, 3.63) is 84.5 Å². The van der Waals surface area contributed by atoms with Crippen molar-refractivity contribution in [1.29, 1.82) is 0 Å². The number of para-hydroxylation sites is 1. The van der Waals surface area contributed by atoms with Crippen molar-refractivity contribution in [1.82, 2.24) is 4.57 Å². The molecule has 1 aromatic heterocycles. The highest BCUT2D eigenvalue weighted by Crippen LogP contribution is 2.32. The number of rotatable bonds is 6. The number of hydrogen-bond donors (Lipinski definition) is 0. The number of nitrogens with zero attached hydrogens (tertiary/aromatic N) is 2. The van der Waals surface area contributed by atoms with Crippen LogP contribution >= 0.6 is 11.3 Å². The Hall–Kier alpha value is -3.85. The molecule has 2 aromatic carbocycles. The number of fused-ring (bicyclic) bond motifs is 1. The number of aromatic nitrogens is 1. The third-order valence-corrected chi connectivity index (χ3v) is 6.56. The van der Waals surface area contributed by atoms with E-state index in [9.17, 15) is 9.59 Å². The lowest BCUT2D eigenvalue weighted by molar-refractivity contribution is -0.136. The molecule has 0 spiro atoms. The smallest absolute Gasteiger partial charge is 0.338 e. The molecule has 0 radical (unpaired) electrons. The first kappa shape index (κ1) is 23.3. The van der Waals surface area contributed by atoms with Crippen LogP contribution in [0.25, 0.3) is 6.08 Å². The zero-order valence-electron chi connectivity index (χ0n) is 19.4. The fourth-order valence-electron chi connectivity index (χ4n) is 3.96. The third-order valence-electron chi connectivity index (χ3n) is 5.58. The molecule has 0 bridgehead atoms. The first-order valence-electron chi connectivity index (χ1n) is 10.4. The predicted octanol–water partition coefficient (Wildman–Crippen LogP) is 2.43.